The van der Waals surface area contributed by atoms with Crippen molar-refractivity contribution in [3.63, 3.8) is 0 Å². The van der Waals surface area contributed by atoms with E-state index >= 15 is 0 Å². The first-order valence-corrected chi connectivity index (χ1v) is 13.7. The lowest BCUT2D eigenvalue weighted by molar-refractivity contribution is 0.113. The van der Waals surface area contributed by atoms with Gasteiger partial charge < -0.3 is 20.2 Å². The number of anilines is 3. The zero-order valence-electron chi connectivity index (χ0n) is 22.7. The van der Waals surface area contributed by atoms with Crippen LogP contribution >= 0.6 is 0 Å². The molecule has 0 spiro atoms. The molecule has 4 heterocycles. The zero-order chi connectivity index (χ0) is 27.1. The number of fused-ring (bicyclic) bond motifs is 2. The van der Waals surface area contributed by atoms with Crippen LogP contribution in [0.15, 0.2) is 64.6 Å². The molecule has 0 bridgehead atoms. The fourth-order valence-corrected chi connectivity index (χ4v) is 5.88. The lowest BCUT2D eigenvalue weighted by atomic mass is 9.79. The predicted molar refractivity (Wildman–Crippen MR) is 155 cm³/mol. The normalized spacial score (nSPS) is 23.8. The Morgan fingerprint density at radius 3 is 2.72 bits per heavy atom. The van der Waals surface area contributed by atoms with Crippen LogP contribution in [0.5, 0.6) is 0 Å². The van der Waals surface area contributed by atoms with Gasteiger partial charge in [0.15, 0.2) is 5.65 Å². The van der Waals surface area contributed by atoms with E-state index in [1.807, 2.05) is 23.7 Å². The highest BCUT2D eigenvalue weighted by Crippen LogP contribution is 2.36. The van der Waals surface area contributed by atoms with Gasteiger partial charge >= 0.3 is 0 Å². The molecular formula is C29H36N8O2. The number of aliphatic imine (C=N–C) groups is 1. The van der Waals surface area contributed by atoms with Gasteiger partial charge in [-0.2, -0.15) is 4.98 Å². The van der Waals surface area contributed by atoms with Gasteiger partial charge in [-0.3, -0.25) is 9.79 Å². The number of nitrogens with zero attached hydrogens (tertiary/aromatic N) is 7. The molecule has 2 aromatic heterocycles. The number of rotatable bonds is 6. The van der Waals surface area contributed by atoms with Crippen molar-refractivity contribution in [2.45, 2.75) is 50.9 Å². The van der Waals surface area contributed by atoms with Crippen molar-refractivity contribution in [1.82, 2.24) is 24.2 Å². The first-order chi connectivity index (χ1) is 18.8. The fraction of sp³-hybridized carbons (Fsp3) is 0.448. The number of likely N-dealkylation sites (N-methyl/N-ethyl adjacent to an activating group) is 1. The average Bonchev–Trinajstić information content (AvgIpc) is 3.20. The Morgan fingerprint density at radius 2 is 1.97 bits per heavy atom. The molecule has 3 aliphatic rings. The third-order valence-electron chi connectivity index (χ3n) is 8.06. The molecule has 204 valence electrons. The lowest BCUT2D eigenvalue weighted by Crippen LogP contribution is -2.44. The van der Waals surface area contributed by atoms with E-state index in [4.69, 9.17) is 9.98 Å². The summed E-state index contributed by atoms with van der Waals surface area (Å²) in [6.45, 7) is 10.1. The summed E-state index contributed by atoms with van der Waals surface area (Å²) >= 11 is 0. The second kappa shape index (κ2) is 10.1. The van der Waals surface area contributed by atoms with Crippen LogP contribution in [-0.4, -0.2) is 73.9 Å². The van der Waals surface area contributed by atoms with Crippen molar-refractivity contribution in [1.29, 1.82) is 0 Å². The van der Waals surface area contributed by atoms with Crippen LogP contribution in [0.1, 0.15) is 38.8 Å². The summed E-state index contributed by atoms with van der Waals surface area (Å²) in [7, 11) is 2.15. The molecule has 6 rings (SSSR count). The Kier molecular flexibility index (Phi) is 6.60. The number of hydrogen-bond donors (Lipinski definition) is 2. The molecule has 39 heavy (non-hydrogen) atoms. The van der Waals surface area contributed by atoms with Gasteiger partial charge in [-0.05, 0) is 63.1 Å². The molecule has 1 aliphatic carbocycles. The molecule has 2 N–H and O–H groups in total. The van der Waals surface area contributed by atoms with E-state index in [0.717, 1.165) is 56.0 Å². The Hall–Kier alpha value is -3.76. The van der Waals surface area contributed by atoms with Crippen molar-refractivity contribution in [3.8, 4) is 0 Å². The molecule has 2 atom stereocenters. The predicted octanol–water partition coefficient (Wildman–Crippen LogP) is 3.48. The van der Waals surface area contributed by atoms with Crippen LogP contribution in [0, 0.1) is 0 Å². The highest BCUT2D eigenvalue weighted by atomic mass is 16.3. The van der Waals surface area contributed by atoms with Crippen molar-refractivity contribution in [2.75, 3.05) is 43.4 Å². The average molecular weight is 529 g/mol. The van der Waals surface area contributed by atoms with Gasteiger partial charge in [0.05, 0.1) is 12.3 Å². The summed E-state index contributed by atoms with van der Waals surface area (Å²) in [6, 6.07) is 8.28. The third-order valence-corrected chi connectivity index (χ3v) is 8.06. The maximum atomic E-state index is 13.3. The highest BCUT2D eigenvalue weighted by molar-refractivity contribution is 6.07. The van der Waals surface area contributed by atoms with Crippen LogP contribution in [0.3, 0.4) is 0 Å². The Morgan fingerprint density at radius 1 is 1.21 bits per heavy atom. The van der Waals surface area contributed by atoms with E-state index in [2.05, 4.69) is 51.9 Å². The van der Waals surface area contributed by atoms with E-state index in [1.54, 1.807) is 17.0 Å². The molecule has 10 heteroatoms. The standard InChI is InChI=1S/C29H36N8O2/c1-4-14-36-27(38)23-19-30-28(31-21-8-10-22(11-9-21)35-17-15-34(3)16-18-35)33-26(23)37(36)24-12-7-20-6-5-13-29(2,39)25(20)32-24/h4,7-11,19,24,39H,1,5-6,12-18H2,2-3H3,(H,30,31,33). The second-order valence-electron chi connectivity index (χ2n) is 11.0. The van der Waals surface area contributed by atoms with E-state index in [1.165, 1.54) is 5.69 Å². The van der Waals surface area contributed by atoms with Crippen LogP contribution in [0.25, 0.3) is 11.0 Å². The number of piperazine rings is 1. The fourth-order valence-electron chi connectivity index (χ4n) is 5.88. The summed E-state index contributed by atoms with van der Waals surface area (Å²) < 4.78 is 3.46. The summed E-state index contributed by atoms with van der Waals surface area (Å²) in [5.74, 6) is 0.406. The third kappa shape index (κ3) is 4.79. The lowest BCUT2D eigenvalue weighted by Gasteiger charge is -2.35. The monoisotopic (exact) mass is 528 g/mol. The Labute approximate surface area is 228 Å². The van der Waals surface area contributed by atoms with Gasteiger partial charge in [0.1, 0.15) is 17.2 Å². The Bertz CT molecular complexity index is 1510. The maximum Gasteiger partial charge on any atom is 0.278 e. The molecule has 1 saturated carbocycles. The van der Waals surface area contributed by atoms with Gasteiger partial charge in [-0.15, -0.1) is 6.58 Å². The van der Waals surface area contributed by atoms with Gasteiger partial charge in [0.25, 0.3) is 5.56 Å². The van der Waals surface area contributed by atoms with Gasteiger partial charge in [-0.25, -0.2) is 14.3 Å². The SMILES string of the molecule is C=CCn1c(=O)c2cnc(Nc3ccc(N4CCN(C)CC4)cc3)nc2n1C1CC=C2CCCC(C)(O)C2=N1. The maximum absolute atomic E-state index is 13.3. The summed E-state index contributed by atoms with van der Waals surface area (Å²) in [5, 5.41) is 14.8. The number of dihydropyridines is 1. The molecule has 1 aromatic carbocycles. The first-order valence-electron chi connectivity index (χ1n) is 13.7. The molecule has 0 radical (unpaired) electrons. The largest absolute Gasteiger partial charge is 0.384 e. The van der Waals surface area contributed by atoms with E-state index in [-0.39, 0.29) is 5.56 Å². The van der Waals surface area contributed by atoms with E-state index in [0.29, 0.717) is 36.4 Å². The number of hydrogen-bond acceptors (Lipinski definition) is 8. The molecule has 10 nitrogen and oxygen atoms in total. The van der Waals surface area contributed by atoms with Crippen LogP contribution in [0.2, 0.25) is 0 Å². The quantitative estimate of drug-likeness (QED) is 0.472. The van der Waals surface area contributed by atoms with Gasteiger partial charge in [0, 0.05) is 50.2 Å². The molecule has 3 aromatic rings. The summed E-state index contributed by atoms with van der Waals surface area (Å²) in [6.07, 6.45) is 8.17. The minimum absolute atomic E-state index is 0.182. The molecule has 0 amide bonds. The summed E-state index contributed by atoms with van der Waals surface area (Å²) in [5.41, 5.74) is 3.24. The van der Waals surface area contributed by atoms with Crippen LogP contribution in [0.4, 0.5) is 17.3 Å². The number of aliphatic hydroxyl groups is 1. The smallest absolute Gasteiger partial charge is 0.278 e. The number of nitrogens with one attached hydrogen (secondary N) is 1. The zero-order valence-corrected chi connectivity index (χ0v) is 22.7. The van der Waals surface area contributed by atoms with Gasteiger partial charge in [-0.1, -0.05) is 12.2 Å². The first kappa shape index (κ1) is 25.5. The van der Waals surface area contributed by atoms with Crippen molar-refractivity contribution in [3.05, 3.63) is 65.1 Å². The van der Waals surface area contributed by atoms with Gasteiger partial charge in [0.2, 0.25) is 5.95 Å². The highest BCUT2D eigenvalue weighted by Gasteiger charge is 2.37. The van der Waals surface area contributed by atoms with E-state index in [9.17, 15) is 9.90 Å². The molecule has 2 aliphatic heterocycles. The minimum Gasteiger partial charge on any atom is -0.384 e. The molecule has 1 saturated heterocycles. The number of benzene rings is 1. The molecule has 2 fully saturated rings. The minimum atomic E-state index is -0.979. The van der Waals surface area contributed by atoms with Crippen LogP contribution < -0.4 is 15.8 Å². The topological polar surface area (TPSA) is 104 Å². The number of allylic oxidation sites excluding steroid dienone is 1. The van der Waals surface area contributed by atoms with Crippen molar-refractivity contribution < 1.29 is 5.11 Å². The van der Waals surface area contributed by atoms with Crippen molar-refractivity contribution in [2.24, 2.45) is 4.99 Å². The van der Waals surface area contributed by atoms with E-state index < -0.39 is 11.8 Å². The summed E-state index contributed by atoms with van der Waals surface area (Å²) in [4.78, 5) is 32.3. The molecule has 2 unspecified atom stereocenters. The Balaban J connectivity index is 1.33. The number of aromatic nitrogens is 4. The second-order valence-corrected chi connectivity index (χ2v) is 11.0. The molecular weight excluding hydrogens is 492 g/mol. The van der Waals surface area contributed by atoms with Crippen molar-refractivity contribution >= 4 is 34.1 Å². The van der Waals surface area contributed by atoms with Crippen LogP contribution in [-0.2, 0) is 6.54 Å².